The van der Waals surface area contributed by atoms with Gasteiger partial charge in [-0.05, 0) is 39.3 Å². The molecular weight excluding hydrogens is 248 g/mol. The predicted octanol–water partition coefficient (Wildman–Crippen LogP) is 3.90. The van der Waals surface area contributed by atoms with Crippen LogP contribution in [-0.2, 0) is 0 Å². The third-order valence-corrected chi connectivity index (χ3v) is 2.66. The van der Waals surface area contributed by atoms with Crippen molar-refractivity contribution in [1.29, 1.82) is 0 Å². The molecule has 0 aliphatic heterocycles. The monoisotopic (exact) mass is 271 g/mol. The normalized spacial score (nSPS) is 13.4. The van der Waals surface area contributed by atoms with Crippen LogP contribution in [0.2, 0.25) is 0 Å². The molecule has 1 aromatic rings. The molecule has 0 saturated heterocycles. The average molecular weight is 271 g/mol. The Morgan fingerprint density at radius 3 is 2.42 bits per heavy atom. The standard InChI is InChI=1S/C15H23F2NO/c1-5-6-12(10-18-15(2,3)4)19-11-7-8-13(16)14(17)9-11/h7-9,12,18H,5-6,10H2,1-4H3. The number of benzene rings is 1. The van der Waals surface area contributed by atoms with Gasteiger partial charge in [0.15, 0.2) is 11.6 Å². The molecule has 2 nitrogen and oxygen atoms in total. The number of hydrogen-bond donors (Lipinski definition) is 1. The van der Waals surface area contributed by atoms with Gasteiger partial charge in [0, 0.05) is 18.2 Å². The summed E-state index contributed by atoms with van der Waals surface area (Å²) in [6, 6.07) is 3.64. The second kappa shape index (κ2) is 6.85. The fraction of sp³-hybridized carbons (Fsp3) is 0.600. The lowest BCUT2D eigenvalue weighted by Gasteiger charge is -2.26. The van der Waals surface area contributed by atoms with Crippen molar-refractivity contribution in [2.75, 3.05) is 6.54 Å². The van der Waals surface area contributed by atoms with E-state index in [1.54, 1.807) is 0 Å². The molecule has 0 saturated carbocycles. The molecular formula is C15H23F2NO. The summed E-state index contributed by atoms with van der Waals surface area (Å²) in [5.41, 5.74) is 0.00337. The number of hydrogen-bond acceptors (Lipinski definition) is 2. The fourth-order valence-corrected chi connectivity index (χ4v) is 1.69. The molecule has 1 rings (SSSR count). The van der Waals surface area contributed by atoms with Crippen molar-refractivity contribution in [2.45, 2.75) is 52.2 Å². The van der Waals surface area contributed by atoms with E-state index in [1.807, 2.05) is 0 Å². The van der Waals surface area contributed by atoms with Gasteiger partial charge in [-0.2, -0.15) is 0 Å². The molecule has 0 aliphatic carbocycles. The number of ether oxygens (including phenoxy) is 1. The molecule has 1 unspecified atom stereocenters. The van der Waals surface area contributed by atoms with Gasteiger partial charge in [0.2, 0.25) is 0 Å². The maximum atomic E-state index is 13.1. The van der Waals surface area contributed by atoms with Gasteiger partial charge < -0.3 is 10.1 Å². The summed E-state index contributed by atoms with van der Waals surface area (Å²) in [6.45, 7) is 8.98. The van der Waals surface area contributed by atoms with Crippen molar-refractivity contribution in [1.82, 2.24) is 5.32 Å². The van der Waals surface area contributed by atoms with Crippen LogP contribution in [0.4, 0.5) is 8.78 Å². The minimum atomic E-state index is -0.878. The number of rotatable bonds is 6. The Balaban J connectivity index is 2.64. The molecule has 0 heterocycles. The van der Waals surface area contributed by atoms with Gasteiger partial charge in [-0.25, -0.2) is 8.78 Å². The van der Waals surface area contributed by atoms with Crippen molar-refractivity contribution in [3.05, 3.63) is 29.8 Å². The lowest BCUT2D eigenvalue weighted by Crippen LogP contribution is -2.42. The zero-order valence-corrected chi connectivity index (χ0v) is 12.1. The van der Waals surface area contributed by atoms with Crippen LogP contribution in [0.15, 0.2) is 18.2 Å². The maximum absolute atomic E-state index is 13.1. The Hall–Kier alpha value is -1.16. The zero-order chi connectivity index (χ0) is 14.5. The van der Waals surface area contributed by atoms with E-state index < -0.39 is 11.6 Å². The van der Waals surface area contributed by atoms with Gasteiger partial charge in [-0.15, -0.1) is 0 Å². The molecule has 0 spiro atoms. The molecule has 1 N–H and O–H groups in total. The topological polar surface area (TPSA) is 21.3 Å². The molecule has 0 aliphatic rings. The molecule has 1 aromatic carbocycles. The third kappa shape index (κ3) is 6.01. The van der Waals surface area contributed by atoms with E-state index >= 15 is 0 Å². The Morgan fingerprint density at radius 2 is 1.89 bits per heavy atom. The summed E-state index contributed by atoms with van der Waals surface area (Å²) in [4.78, 5) is 0. The smallest absolute Gasteiger partial charge is 0.162 e. The lowest BCUT2D eigenvalue weighted by atomic mass is 10.1. The molecule has 4 heteroatoms. The largest absolute Gasteiger partial charge is 0.489 e. The second-order valence-corrected chi connectivity index (χ2v) is 5.74. The highest BCUT2D eigenvalue weighted by atomic mass is 19.2. The first-order valence-electron chi connectivity index (χ1n) is 6.68. The first-order valence-corrected chi connectivity index (χ1v) is 6.68. The van der Waals surface area contributed by atoms with Crippen LogP contribution in [0.5, 0.6) is 5.75 Å². The highest BCUT2D eigenvalue weighted by Crippen LogP contribution is 2.18. The van der Waals surface area contributed by atoms with Crippen molar-refractivity contribution in [2.24, 2.45) is 0 Å². The Morgan fingerprint density at radius 1 is 1.21 bits per heavy atom. The summed E-state index contributed by atoms with van der Waals surface area (Å²) < 4.78 is 31.7. The quantitative estimate of drug-likeness (QED) is 0.847. The van der Waals surface area contributed by atoms with Gasteiger partial charge in [0.05, 0.1) is 0 Å². The first kappa shape index (κ1) is 15.9. The van der Waals surface area contributed by atoms with Gasteiger partial charge in [-0.3, -0.25) is 0 Å². The molecule has 0 amide bonds. The molecule has 0 fully saturated rings. The van der Waals surface area contributed by atoms with E-state index in [1.165, 1.54) is 6.07 Å². The summed E-state index contributed by atoms with van der Waals surface area (Å²) in [7, 11) is 0. The minimum Gasteiger partial charge on any atom is -0.489 e. The van der Waals surface area contributed by atoms with Crippen LogP contribution in [0.25, 0.3) is 0 Å². The lowest BCUT2D eigenvalue weighted by molar-refractivity contribution is 0.174. The van der Waals surface area contributed by atoms with Crippen LogP contribution in [0, 0.1) is 11.6 Å². The van der Waals surface area contributed by atoms with Gasteiger partial charge in [-0.1, -0.05) is 13.3 Å². The highest BCUT2D eigenvalue weighted by molar-refractivity contribution is 5.23. The molecule has 0 radical (unpaired) electrons. The molecule has 1 atom stereocenters. The van der Waals surface area contributed by atoms with Crippen LogP contribution < -0.4 is 10.1 Å². The van der Waals surface area contributed by atoms with E-state index in [9.17, 15) is 8.78 Å². The molecule has 108 valence electrons. The van der Waals surface area contributed by atoms with Gasteiger partial charge in [0.25, 0.3) is 0 Å². The van der Waals surface area contributed by atoms with Crippen molar-refractivity contribution >= 4 is 0 Å². The van der Waals surface area contributed by atoms with Crippen LogP contribution >= 0.6 is 0 Å². The van der Waals surface area contributed by atoms with E-state index in [0.717, 1.165) is 25.0 Å². The van der Waals surface area contributed by atoms with Crippen LogP contribution in [0.3, 0.4) is 0 Å². The van der Waals surface area contributed by atoms with E-state index in [0.29, 0.717) is 12.3 Å². The van der Waals surface area contributed by atoms with Crippen LogP contribution in [-0.4, -0.2) is 18.2 Å². The SMILES string of the molecule is CCCC(CNC(C)(C)C)Oc1ccc(F)c(F)c1. The molecule has 0 aromatic heterocycles. The number of halogens is 2. The van der Waals surface area contributed by atoms with Crippen molar-refractivity contribution < 1.29 is 13.5 Å². The first-order chi connectivity index (χ1) is 8.81. The van der Waals surface area contributed by atoms with Crippen molar-refractivity contribution in [3.8, 4) is 5.75 Å². The second-order valence-electron chi connectivity index (χ2n) is 5.74. The van der Waals surface area contributed by atoms with Crippen molar-refractivity contribution in [3.63, 3.8) is 0 Å². The van der Waals surface area contributed by atoms with E-state index in [4.69, 9.17) is 4.74 Å². The minimum absolute atomic E-state index is 0.00337. The van der Waals surface area contributed by atoms with E-state index in [2.05, 4.69) is 33.0 Å². The predicted molar refractivity (Wildman–Crippen MR) is 73.4 cm³/mol. The maximum Gasteiger partial charge on any atom is 0.162 e. The zero-order valence-electron chi connectivity index (χ0n) is 12.1. The Bertz CT molecular complexity index is 402. The Labute approximate surface area is 114 Å². The Kier molecular flexibility index (Phi) is 5.73. The number of nitrogens with one attached hydrogen (secondary N) is 1. The molecule has 19 heavy (non-hydrogen) atoms. The van der Waals surface area contributed by atoms with Crippen LogP contribution in [0.1, 0.15) is 40.5 Å². The summed E-state index contributed by atoms with van der Waals surface area (Å²) in [5, 5.41) is 3.36. The fourth-order valence-electron chi connectivity index (χ4n) is 1.69. The molecule has 0 bridgehead atoms. The summed E-state index contributed by atoms with van der Waals surface area (Å²) >= 11 is 0. The summed E-state index contributed by atoms with van der Waals surface area (Å²) in [6.07, 6.45) is 1.79. The van der Waals surface area contributed by atoms with E-state index in [-0.39, 0.29) is 11.6 Å². The third-order valence-electron chi connectivity index (χ3n) is 2.66. The van der Waals surface area contributed by atoms with Gasteiger partial charge in [0.1, 0.15) is 11.9 Å². The highest BCUT2D eigenvalue weighted by Gasteiger charge is 2.15. The van der Waals surface area contributed by atoms with Gasteiger partial charge >= 0.3 is 0 Å². The average Bonchev–Trinajstić information content (AvgIpc) is 2.30. The summed E-state index contributed by atoms with van der Waals surface area (Å²) in [5.74, 6) is -1.36.